The third-order valence-corrected chi connectivity index (χ3v) is 7.42. The molecule has 2 nitrogen and oxygen atoms in total. The molecule has 2 bridgehead atoms. The van der Waals surface area contributed by atoms with Gasteiger partial charge in [0.1, 0.15) is 5.60 Å². The fourth-order valence-corrected chi connectivity index (χ4v) is 6.36. The molecule has 4 unspecified atom stereocenters. The van der Waals surface area contributed by atoms with Crippen molar-refractivity contribution in [2.75, 3.05) is 0 Å². The van der Waals surface area contributed by atoms with E-state index in [0.29, 0.717) is 0 Å². The molecular formula is C20H34O2. The van der Waals surface area contributed by atoms with Gasteiger partial charge in [-0.25, -0.2) is 0 Å². The highest BCUT2D eigenvalue weighted by Crippen LogP contribution is 2.69. The Morgan fingerprint density at radius 2 is 1.82 bits per heavy atom. The van der Waals surface area contributed by atoms with Crippen molar-refractivity contribution in [3.8, 4) is 0 Å². The SMILES string of the molecule is CCC(CC)(OC(=O)C(C)C)[C@@]12CC(C)CC3CC(C1)C3C2. The zero-order chi connectivity index (χ0) is 16.1. The Bertz CT molecular complexity index is 433. The highest BCUT2D eigenvalue weighted by atomic mass is 16.6. The van der Waals surface area contributed by atoms with Gasteiger partial charge in [0, 0.05) is 5.41 Å². The summed E-state index contributed by atoms with van der Waals surface area (Å²) >= 11 is 0. The molecule has 3 aliphatic rings. The van der Waals surface area contributed by atoms with Crippen molar-refractivity contribution in [3.05, 3.63) is 0 Å². The molecule has 0 N–H and O–H groups in total. The number of hydrogen-bond donors (Lipinski definition) is 0. The molecule has 0 aromatic carbocycles. The van der Waals surface area contributed by atoms with E-state index < -0.39 is 0 Å². The lowest BCUT2D eigenvalue weighted by molar-refractivity contribution is -0.186. The van der Waals surface area contributed by atoms with Crippen LogP contribution in [0.4, 0.5) is 0 Å². The lowest BCUT2D eigenvalue weighted by atomic mass is 9.60. The maximum Gasteiger partial charge on any atom is 0.308 e. The standard InChI is InChI=1S/C20H34O2/c1-6-20(7-2,22-18(21)13(3)4)19-10-14(5)8-15-9-16(11-19)17(15)12-19/h13-17H,6-12H2,1-5H3/t14?,15?,16?,17?,19-/m0/s1. The van der Waals surface area contributed by atoms with Crippen molar-refractivity contribution in [1.29, 1.82) is 0 Å². The number of fused-ring (bicyclic) bond motifs is 1. The molecule has 5 atom stereocenters. The van der Waals surface area contributed by atoms with Crippen molar-refractivity contribution in [1.82, 2.24) is 0 Å². The lowest BCUT2D eigenvalue weighted by Crippen LogP contribution is -2.51. The van der Waals surface area contributed by atoms with E-state index in [1.54, 1.807) is 0 Å². The van der Waals surface area contributed by atoms with Crippen LogP contribution in [0, 0.1) is 35.0 Å². The molecule has 2 heteroatoms. The Kier molecular flexibility index (Phi) is 4.10. The fraction of sp³-hybridized carbons (Fsp3) is 0.950. The third-order valence-electron chi connectivity index (χ3n) is 7.42. The van der Waals surface area contributed by atoms with E-state index in [0.717, 1.165) is 36.5 Å². The van der Waals surface area contributed by atoms with Gasteiger partial charge in [-0.05, 0) is 68.6 Å². The van der Waals surface area contributed by atoms with Gasteiger partial charge >= 0.3 is 5.97 Å². The van der Waals surface area contributed by atoms with Crippen molar-refractivity contribution >= 4 is 5.97 Å². The molecule has 3 rings (SSSR count). The van der Waals surface area contributed by atoms with E-state index in [2.05, 4.69) is 20.8 Å². The molecule has 22 heavy (non-hydrogen) atoms. The van der Waals surface area contributed by atoms with Crippen LogP contribution in [0.3, 0.4) is 0 Å². The molecule has 0 amide bonds. The minimum absolute atomic E-state index is 0.00534. The van der Waals surface area contributed by atoms with Gasteiger partial charge in [-0.2, -0.15) is 0 Å². The minimum atomic E-state index is -0.227. The average Bonchev–Trinajstić information content (AvgIpc) is 2.68. The van der Waals surface area contributed by atoms with Crippen LogP contribution < -0.4 is 0 Å². The van der Waals surface area contributed by atoms with Gasteiger partial charge in [-0.15, -0.1) is 0 Å². The number of carbonyl (C=O) groups excluding carboxylic acids is 1. The van der Waals surface area contributed by atoms with Crippen LogP contribution in [0.2, 0.25) is 0 Å². The number of rotatable bonds is 5. The molecular weight excluding hydrogens is 272 g/mol. The van der Waals surface area contributed by atoms with Crippen LogP contribution >= 0.6 is 0 Å². The Balaban J connectivity index is 1.94. The second-order valence-electron chi connectivity index (χ2n) is 8.93. The molecule has 0 heterocycles. The fourth-order valence-electron chi connectivity index (χ4n) is 6.36. The summed E-state index contributed by atoms with van der Waals surface area (Å²) in [6.07, 6.45) is 8.69. The first kappa shape index (κ1) is 16.3. The lowest BCUT2D eigenvalue weighted by Gasteiger charge is -2.49. The third kappa shape index (κ3) is 2.24. The summed E-state index contributed by atoms with van der Waals surface area (Å²) in [6.45, 7) is 10.8. The van der Waals surface area contributed by atoms with Crippen molar-refractivity contribution in [2.45, 2.75) is 85.2 Å². The molecule has 3 aliphatic carbocycles. The zero-order valence-electron chi connectivity index (χ0n) is 15.2. The molecule has 0 aromatic heterocycles. The minimum Gasteiger partial charge on any atom is -0.458 e. The molecule has 0 aliphatic heterocycles. The van der Waals surface area contributed by atoms with Crippen LogP contribution in [0.1, 0.15) is 79.6 Å². The van der Waals surface area contributed by atoms with Gasteiger partial charge in [0.25, 0.3) is 0 Å². The number of carbonyl (C=O) groups is 1. The molecule has 126 valence electrons. The monoisotopic (exact) mass is 306 g/mol. The van der Waals surface area contributed by atoms with Gasteiger partial charge in [-0.1, -0.05) is 34.6 Å². The summed E-state index contributed by atoms with van der Waals surface area (Å²) in [6, 6.07) is 0. The molecule has 3 fully saturated rings. The molecule has 0 radical (unpaired) electrons. The van der Waals surface area contributed by atoms with Crippen LogP contribution in [0.25, 0.3) is 0 Å². The van der Waals surface area contributed by atoms with Gasteiger partial charge in [0.15, 0.2) is 0 Å². The topological polar surface area (TPSA) is 26.3 Å². The first-order valence-electron chi connectivity index (χ1n) is 9.59. The van der Waals surface area contributed by atoms with Crippen molar-refractivity contribution in [2.24, 2.45) is 35.0 Å². The highest BCUT2D eigenvalue weighted by Gasteiger charge is 2.64. The first-order valence-corrected chi connectivity index (χ1v) is 9.59. The van der Waals surface area contributed by atoms with Crippen molar-refractivity contribution in [3.63, 3.8) is 0 Å². The van der Waals surface area contributed by atoms with Gasteiger partial charge < -0.3 is 4.74 Å². The Hall–Kier alpha value is -0.530. The van der Waals surface area contributed by atoms with E-state index >= 15 is 0 Å². The molecule has 0 spiro atoms. The number of ether oxygens (including phenoxy) is 1. The largest absolute Gasteiger partial charge is 0.458 e. The summed E-state index contributed by atoms with van der Waals surface area (Å²) in [7, 11) is 0. The van der Waals surface area contributed by atoms with E-state index in [9.17, 15) is 4.79 Å². The van der Waals surface area contributed by atoms with E-state index in [1.165, 1.54) is 32.1 Å². The second-order valence-corrected chi connectivity index (χ2v) is 8.93. The predicted molar refractivity (Wildman–Crippen MR) is 89.4 cm³/mol. The molecule has 0 aromatic rings. The Morgan fingerprint density at radius 1 is 1.14 bits per heavy atom. The zero-order valence-corrected chi connectivity index (χ0v) is 15.2. The normalized spacial score (nSPS) is 40.3. The van der Waals surface area contributed by atoms with Gasteiger partial charge in [0.05, 0.1) is 5.92 Å². The van der Waals surface area contributed by atoms with E-state index in [-0.39, 0.29) is 22.9 Å². The second kappa shape index (κ2) is 5.53. The smallest absolute Gasteiger partial charge is 0.308 e. The molecule has 0 saturated heterocycles. The van der Waals surface area contributed by atoms with Crippen LogP contribution in [-0.2, 0) is 9.53 Å². The number of esters is 1. The summed E-state index contributed by atoms with van der Waals surface area (Å²) in [5, 5.41) is 0. The maximum absolute atomic E-state index is 12.4. The Morgan fingerprint density at radius 3 is 2.41 bits per heavy atom. The summed E-state index contributed by atoms with van der Waals surface area (Å²) < 4.78 is 6.29. The van der Waals surface area contributed by atoms with Crippen LogP contribution in [-0.4, -0.2) is 11.6 Å². The number of hydrogen-bond acceptors (Lipinski definition) is 2. The predicted octanol–water partition coefficient (Wildman–Crippen LogP) is 5.21. The first-order chi connectivity index (χ1) is 10.4. The van der Waals surface area contributed by atoms with Crippen LogP contribution in [0.5, 0.6) is 0 Å². The average molecular weight is 306 g/mol. The quantitative estimate of drug-likeness (QED) is 0.652. The maximum atomic E-state index is 12.4. The summed E-state index contributed by atoms with van der Waals surface area (Å²) in [5.41, 5.74) is 0.0237. The summed E-state index contributed by atoms with van der Waals surface area (Å²) in [5.74, 6) is 3.59. The van der Waals surface area contributed by atoms with Gasteiger partial charge in [-0.3, -0.25) is 4.79 Å². The van der Waals surface area contributed by atoms with Crippen LogP contribution in [0.15, 0.2) is 0 Å². The van der Waals surface area contributed by atoms with Gasteiger partial charge in [0.2, 0.25) is 0 Å². The van der Waals surface area contributed by atoms with E-state index in [4.69, 9.17) is 4.74 Å². The Labute approximate surface area is 136 Å². The van der Waals surface area contributed by atoms with Crippen molar-refractivity contribution < 1.29 is 9.53 Å². The van der Waals surface area contributed by atoms with E-state index in [1.807, 2.05) is 13.8 Å². The highest BCUT2D eigenvalue weighted by molar-refractivity contribution is 5.72. The molecule has 3 saturated carbocycles. The summed E-state index contributed by atoms with van der Waals surface area (Å²) in [4.78, 5) is 12.4.